The van der Waals surface area contributed by atoms with E-state index >= 15 is 0 Å². The maximum Gasteiger partial charge on any atom is 0.225 e. The number of likely N-dealkylation sites (tertiary alicyclic amines) is 1. The Hall–Kier alpha value is -1.88. The van der Waals surface area contributed by atoms with E-state index in [1.165, 1.54) is 0 Å². The van der Waals surface area contributed by atoms with Crippen LogP contribution in [0.4, 0.5) is 0 Å². The highest BCUT2D eigenvalue weighted by Crippen LogP contribution is 2.35. The number of methoxy groups -OCH3 is 1. The first-order valence-electron chi connectivity index (χ1n) is 7.22. The summed E-state index contributed by atoms with van der Waals surface area (Å²) in [6, 6.07) is 9.53. The maximum absolute atomic E-state index is 12.4. The second kappa shape index (κ2) is 7.22. The topological polar surface area (TPSA) is 58.6 Å². The van der Waals surface area contributed by atoms with Crippen LogP contribution in [-0.4, -0.2) is 44.0 Å². The summed E-state index contributed by atoms with van der Waals surface area (Å²) in [5, 5.41) is 2.89. The molecule has 2 atom stereocenters. The van der Waals surface area contributed by atoms with Gasteiger partial charge in [-0.3, -0.25) is 9.59 Å². The normalized spacial score (nSPS) is 22.2. The van der Waals surface area contributed by atoms with Gasteiger partial charge in [0.15, 0.2) is 0 Å². The van der Waals surface area contributed by atoms with E-state index in [2.05, 4.69) is 5.32 Å². The number of hydrogen-bond donors (Lipinski definition) is 1. The molecule has 2 rings (SSSR count). The van der Waals surface area contributed by atoms with Gasteiger partial charge in [0.1, 0.15) is 0 Å². The molecule has 1 aliphatic heterocycles. The van der Waals surface area contributed by atoms with Gasteiger partial charge in [-0.05, 0) is 12.0 Å². The Morgan fingerprint density at radius 3 is 2.76 bits per heavy atom. The van der Waals surface area contributed by atoms with E-state index in [0.29, 0.717) is 26.0 Å². The number of piperidine rings is 1. The molecule has 0 bridgehead atoms. The lowest BCUT2D eigenvalue weighted by Gasteiger charge is -2.38. The van der Waals surface area contributed by atoms with Crippen LogP contribution in [-0.2, 0) is 14.3 Å². The van der Waals surface area contributed by atoms with Crippen molar-refractivity contribution in [2.75, 3.05) is 27.3 Å². The van der Waals surface area contributed by atoms with Crippen LogP contribution in [0.25, 0.3) is 0 Å². The molecule has 1 heterocycles. The van der Waals surface area contributed by atoms with E-state index < -0.39 is 0 Å². The van der Waals surface area contributed by atoms with Gasteiger partial charge in [-0.1, -0.05) is 30.3 Å². The van der Waals surface area contributed by atoms with E-state index in [0.717, 1.165) is 5.56 Å². The highest BCUT2D eigenvalue weighted by molar-refractivity contribution is 5.84. The first-order valence-corrected chi connectivity index (χ1v) is 7.22. The number of ether oxygens (including phenoxy) is 1. The van der Waals surface area contributed by atoms with E-state index in [1.807, 2.05) is 30.3 Å². The first kappa shape index (κ1) is 15.5. The lowest BCUT2D eigenvalue weighted by molar-refractivity contribution is -0.141. The zero-order valence-electron chi connectivity index (χ0n) is 12.5. The van der Waals surface area contributed by atoms with Gasteiger partial charge >= 0.3 is 0 Å². The molecule has 1 aromatic rings. The van der Waals surface area contributed by atoms with Gasteiger partial charge < -0.3 is 15.0 Å². The van der Waals surface area contributed by atoms with Gasteiger partial charge in [0.2, 0.25) is 11.8 Å². The van der Waals surface area contributed by atoms with Crippen LogP contribution in [0.5, 0.6) is 0 Å². The molecule has 114 valence electrons. The molecule has 1 aliphatic rings. The average molecular weight is 290 g/mol. The van der Waals surface area contributed by atoms with Crippen molar-refractivity contribution in [2.45, 2.75) is 18.9 Å². The lowest BCUT2D eigenvalue weighted by Crippen LogP contribution is -2.46. The summed E-state index contributed by atoms with van der Waals surface area (Å²) < 4.78 is 4.95. The summed E-state index contributed by atoms with van der Waals surface area (Å²) in [5.41, 5.74) is 1.000. The quantitative estimate of drug-likeness (QED) is 0.833. The minimum atomic E-state index is -0.216. The van der Waals surface area contributed by atoms with Gasteiger partial charge in [-0.2, -0.15) is 0 Å². The van der Waals surface area contributed by atoms with Crippen molar-refractivity contribution in [2.24, 2.45) is 5.92 Å². The Balaban J connectivity index is 2.17. The second-order valence-corrected chi connectivity index (χ2v) is 5.29. The van der Waals surface area contributed by atoms with E-state index in [-0.39, 0.29) is 23.8 Å². The molecule has 0 radical (unpaired) electrons. The Kier molecular flexibility index (Phi) is 5.33. The Labute approximate surface area is 125 Å². The SMILES string of the molecule is COCCNC(=O)[C@H]1CCC(=O)N(C)[C@H]1c1ccccc1. The molecule has 0 spiro atoms. The molecule has 21 heavy (non-hydrogen) atoms. The minimum absolute atomic E-state index is 0.0137. The van der Waals surface area contributed by atoms with Gasteiger partial charge in [0.25, 0.3) is 0 Å². The molecule has 0 aliphatic carbocycles. The number of nitrogens with one attached hydrogen (secondary N) is 1. The van der Waals surface area contributed by atoms with Crippen LogP contribution >= 0.6 is 0 Å². The summed E-state index contributed by atoms with van der Waals surface area (Å²) >= 11 is 0. The van der Waals surface area contributed by atoms with E-state index in [4.69, 9.17) is 4.74 Å². The van der Waals surface area contributed by atoms with Crippen molar-refractivity contribution in [3.63, 3.8) is 0 Å². The fourth-order valence-electron chi connectivity index (χ4n) is 2.83. The van der Waals surface area contributed by atoms with E-state index in [9.17, 15) is 9.59 Å². The summed E-state index contributed by atoms with van der Waals surface area (Å²) in [5.74, 6) is -0.142. The predicted octanol–water partition coefficient (Wildman–Crippen LogP) is 1.36. The van der Waals surface area contributed by atoms with Crippen LogP contribution in [0.3, 0.4) is 0 Å². The zero-order chi connectivity index (χ0) is 15.2. The van der Waals surface area contributed by atoms with Crippen LogP contribution in [0.1, 0.15) is 24.4 Å². The molecular formula is C16H22N2O3. The number of carbonyl (C=O) groups excluding carboxylic acids is 2. The second-order valence-electron chi connectivity index (χ2n) is 5.29. The predicted molar refractivity (Wildman–Crippen MR) is 79.6 cm³/mol. The third-order valence-electron chi connectivity index (χ3n) is 3.94. The van der Waals surface area contributed by atoms with Crippen LogP contribution in [0.15, 0.2) is 30.3 Å². The molecule has 2 amide bonds. The smallest absolute Gasteiger partial charge is 0.225 e. The Bertz CT molecular complexity index is 490. The van der Waals surface area contributed by atoms with Gasteiger partial charge in [0, 0.05) is 27.1 Å². The first-order chi connectivity index (χ1) is 10.1. The standard InChI is InChI=1S/C16H22N2O3/c1-18-14(19)9-8-13(16(20)17-10-11-21-2)15(18)12-6-4-3-5-7-12/h3-7,13,15H,8-11H2,1-2H3,(H,17,20)/t13-,15-/m0/s1. The summed E-state index contributed by atoms with van der Waals surface area (Å²) in [4.78, 5) is 26.1. The van der Waals surface area contributed by atoms with E-state index in [1.54, 1.807) is 19.1 Å². The lowest BCUT2D eigenvalue weighted by atomic mass is 9.84. The van der Waals surface area contributed by atoms with Crippen LogP contribution in [0.2, 0.25) is 0 Å². The molecule has 5 heteroatoms. The van der Waals surface area contributed by atoms with Crippen molar-refractivity contribution in [3.8, 4) is 0 Å². The van der Waals surface area contributed by atoms with Crippen LogP contribution in [0, 0.1) is 5.92 Å². The molecule has 5 nitrogen and oxygen atoms in total. The third kappa shape index (κ3) is 3.61. The number of amides is 2. The molecule has 0 unspecified atom stereocenters. The fraction of sp³-hybridized carbons (Fsp3) is 0.500. The maximum atomic E-state index is 12.4. The van der Waals surface area contributed by atoms with Crippen LogP contribution < -0.4 is 5.32 Å². The molecule has 0 saturated carbocycles. The number of nitrogens with zero attached hydrogens (tertiary/aromatic N) is 1. The highest BCUT2D eigenvalue weighted by Gasteiger charge is 2.38. The highest BCUT2D eigenvalue weighted by atomic mass is 16.5. The number of hydrogen-bond acceptors (Lipinski definition) is 3. The zero-order valence-corrected chi connectivity index (χ0v) is 12.5. The van der Waals surface area contributed by atoms with Gasteiger partial charge in [-0.25, -0.2) is 0 Å². The third-order valence-corrected chi connectivity index (χ3v) is 3.94. The summed E-state index contributed by atoms with van der Waals surface area (Å²) in [6.07, 6.45) is 1.00. The Morgan fingerprint density at radius 1 is 1.38 bits per heavy atom. The van der Waals surface area contributed by atoms with Crippen molar-refractivity contribution in [1.29, 1.82) is 0 Å². The largest absolute Gasteiger partial charge is 0.383 e. The van der Waals surface area contributed by atoms with Gasteiger partial charge in [0.05, 0.1) is 18.6 Å². The fourth-order valence-corrected chi connectivity index (χ4v) is 2.83. The molecule has 1 fully saturated rings. The van der Waals surface area contributed by atoms with Crippen molar-refractivity contribution >= 4 is 11.8 Å². The number of benzene rings is 1. The molecule has 0 aromatic heterocycles. The monoisotopic (exact) mass is 290 g/mol. The average Bonchev–Trinajstić information content (AvgIpc) is 2.50. The number of carbonyl (C=O) groups is 2. The summed E-state index contributed by atoms with van der Waals surface area (Å²) in [7, 11) is 3.38. The summed E-state index contributed by atoms with van der Waals surface area (Å²) in [6.45, 7) is 0.980. The number of rotatable bonds is 5. The molecule has 1 aromatic carbocycles. The Morgan fingerprint density at radius 2 is 2.10 bits per heavy atom. The van der Waals surface area contributed by atoms with Gasteiger partial charge in [-0.15, -0.1) is 0 Å². The minimum Gasteiger partial charge on any atom is -0.383 e. The molecule has 1 N–H and O–H groups in total. The van der Waals surface area contributed by atoms with Crippen molar-refractivity contribution in [3.05, 3.63) is 35.9 Å². The van der Waals surface area contributed by atoms with Crippen molar-refractivity contribution in [1.82, 2.24) is 10.2 Å². The molecular weight excluding hydrogens is 268 g/mol. The molecule has 1 saturated heterocycles. The van der Waals surface area contributed by atoms with Crippen molar-refractivity contribution < 1.29 is 14.3 Å².